The molecule has 0 amide bonds. The lowest BCUT2D eigenvalue weighted by Gasteiger charge is -2.38. The minimum Gasteiger partial charge on any atom is -0.404 e. The summed E-state index contributed by atoms with van der Waals surface area (Å²) >= 11 is 0. The summed E-state index contributed by atoms with van der Waals surface area (Å²) in [5, 5.41) is 15.4. The van der Waals surface area contributed by atoms with E-state index >= 15 is 0 Å². The summed E-state index contributed by atoms with van der Waals surface area (Å²) in [5.74, 6) is 1.18. The molecule has 40 heavy (non-hydrogen) atoms. The first-order valence-corrected chi connectivity index (χ1v) is 19.5. The minimum absolute atomic E-state index is 0.0594. The van der Waals surface area contributed by atoms with Crippen molar-refractivity contribution in [2.45, 2.75) is 84.3 Å². The lowest BCUT2D eigenvalue weighted by molar-refractivity contribution is -0.0993. The van der Waals surface area contributed by atoms with Crippen LogP contribution < -0.4 is 5.73 Å². The van der Waals surface area contributed by atoms with Crippen LogP contribution in [0.5, 0.6) is 0 Å². The average Bonchev–Trinajstić information content (AvgIpc) is 3.64. The van der Waals surface area contributed by atoms with Gasteiger partial charge in [-0.3, -0.25) is 4.68 Å². The highest BCUT2D eigenvalue weighted by Crippen LogP contribution is 2.49. The maximum atomic E-state index is 9.73. The van der Waals surface area contributed by atoms with Crippen LogP contribution in [0.2, 0.25) is 25.7 Å². The molecular formula is C27H45N7O3Si3. The smallest absolute Gasteiger partial charge is 0.154 e. The van der Waals surface area contributed by atoms with Gasteiger partial charge >= 0.3 is 0 Å². The molecule has 1 fully saturated rings. The molecule has 0 bridgehead atoms. The zero-order valence-electron chi connectivity index (χ0n) is 25.1. The van der Waals surface area contributed by atoms with Gasteiger partial charge in [-0.05, 0) is 43.2 Å². The molecule has 3 heterocycles. The standard InChI is InChI=1S/C27H45N7O3Si3/c1-27(2,26(36-38)37-39)19-7-6-18(14-19)22(8-10-28)34-15-21(24(29)32-34)23-20-9-11-33(25(20)31-16-30-23)17-35-12-13-40(3,4)5/h9,11,15-16,18-19,22,26H,6-8,12-14,17H2,1-5,38-39H3,(H2,29,32). The molecule has 0 radical (unpaired) electrons. The van der Waals surface area contributed by atoms with E-state index in [1.807, 2.05) is 27.7 Å². The highest BCUT2D eigenvalue weighted by molar-refractivity contribution is 6.76. The third kappa shape index (κ3) is 6.58. The molecule has 0 aliphatic heterocycles. The molecule has 0 aromatic carbocycles. The summed E-state index contributed by atoms with van der Waals surface area (Å²) in [4.78, 5) is 9.13. The lowest BCUT2D eigenvalue weighted by Crippen LogP contribution is -2.39. The molecule has 3 unspecified atom stereocenters. The molecular weight excluding hydrogens is 555 g/mol. The molecule has 3 aromatic heterocycles. The Hall–Kier alpha value is -2.35. The van der Waals surface area contributed by atoms with E-state index in [4.69, 9.17) is 24.4 Å². The second kappa shape index (κ2) is 12.7. The molecule has 4 rings (SSSR count). The fraction of sp³-hybridized carbons (Fsp3) is 0.630. The fourth-order valence-corrected chi connectivity index (χ4v) is 8.87. The molecule has 1 aliphatic carbocycles. The molecule has 218 valence electrons. The first-order valence-electron chi connectivity index (χ1n) is 14.1. The third-order valence-electron chi connectivity index (χ3n) is 8.54. The topological polar surface area (TPSA) is 126 Å². The van der Waals surface area contributed by atoms with E-state index in [2.05, 4.69) is 49.5 Å². The fourth-order valence-electron chi connectivity index (χ4n) is 6.13. The molecule has 10 nitrogen and oxygen atoms in total. The third-order valence-corrected chi connectivity index (χ3v) is 11.1. The minimum atomic E-state index is -1.15. The van der Waals surface area contributed by atoms with E-state index in [9.17, 15) is 5.26 Å². The van der Waals surface area contributed by atoms with Gasteiger partial charge in [-0.25, -0.2) is 9.97 Å². The normalized spacial score (nSPS) is 19.8. The van der Waals surface area contributed by atoms with Crippen LogP contribution in [0.1, 0.15) is 45.6 Å². The van der Waals surface area contributed by atoms with Gasteiger partial charge in [-0.15, -0.1) is 0 Å². The van der Waals surface area contributed by atoms with Gasteiger partial charge in [0.25, 0.3) is 0 Å². The number of aromatic nitrogens is 5. The highest BCUT2D eigenvalue weighted by atomic mass is 28.3. The molecule has 0 spiro atoms. The highest BCUT2D eigenvalue weighted by Gasteiger charge is 2.43. The van der Waals surface area contributed by atoms with Gasteiger partial charge in [-0.1, -0.05) is 33.5 Å². The van der Waals surface area contributed by atoms with E-state index < -0.39 is 8.07 Å². The number of nitrogen functional groups attached to an aromatic ring is 1. The zero-order chi connectivity index (χ0) is 29.1. The van der Waals surface area contributed by atoms with Crippen molar-refractivity contribution in [3.63, 3.8) is 0 Å². The quantitative estimate of drug-likeness (QED) is 0.181. The Labute approximate surface area is 244 Å². The number of rotatable bonds is 13. The van der Waals surface area contributed by atoms with Crippen molar-refractivity contribution in [3.05, 3.63) is 24.8 Å². The summed E-state index contributed by atoms with van der Waals surface area (Å²) in [6, 6.07) is 5.46. The van der Waals surface area contributed by atoms with Gasteiger partial charge in [0.1, 0.15) is 46.0 Å². The lowest BCUT2D eigenvalue weighted by atomic mass is 9.76. The number of anilines is 1. The van der Waals surface area contributed by atoms with Crippen LogP contribution >= 0.6 is 0 Å². The number of nitrogens with two attached hydrogens (primary N) is 1. The van der Waals surface area contributed by atoms with E-state index in [-0.39, 0.29) is 17.7 Å². The second-order valence-corrected chi connectivity index (χ2v) is 19.4. The Morgan fingerprint density at radius 3 is 2.65 bits per heavy atom. The maximum Gasteiger partial charge on any atom is 0.154 e. The second-order valence-electron chi connectivity index (χ2n) is 12.8. The number of fused-ring (bicyclic) bond motifs is 1. The summed E-state index contributed by atoms with van der Waals surface area (Å²) in [6.07, 6.45) is 8.84. The van der Waals surface area contributed by atoms with Gasteiger partial charge in [0.05, 0.1) is 29.8 Å². The van der Waals surface area contributed by atoms with Crippen LogP contribution in [0, 0.1) is 28.6 Å². The molecule has 3 aromatic rings. The van der Waals surface area contributed by atoms with Gasteiger partial charge in [0.2, 0.25) is 0 Å². The van der Waals surface area contributed by atoms with Crippen molar-refractivity contribution >= 4 is 45.9 Å². The largest absolute Gasteiger partial charge is 0.404 e. The molecule has 1 saturated carbocycles. The van der Waals surface area contributed by atoms with Gasteiger partial charge < -0.3 is 23.9 Å². The zero-order valence-corrected chi connectivity index (χ0v) is 30.1. The summed E-state index contributed by atoms with van der Waals surface area (Å²) in [7, 11) is 0.146. The molecule has 13 heteroatoms. The first-order chi connectivity index (χ1) is 19.0. The summed E-state index contributed by atoms with van der Waals surface area (Å²) in [6.45, 7) is 12.7. The Morgan fingerprint density at radius 1 is 1.23 bits per heavy atom. The molecule has 3 atom stereocenters. The van der Waals surface area contributed by atoms with Crippen LogP contribution in [0.4, 0.5) is 5.82 Å². The average molecular weight is 600 g/mol. The summed E-state index contributed by atoms with van der Waals surface area (Å²) < 4.78 is 21.5. The van der Waals surface area contributed by atoms with Crippen LogP contribution in [0.15, 0.2) is 24.8 Å². The molecule has 2 N–H and O–H groups in total. The van der Waals surface area contributed by atoms with Crippen molar-refractivity contribution < 1.29 is 13.6 Å². The Morgan fingerprint density at radius 2 is 1.98 bits per heavy atom. The van der Waals surface area contributed by atoms with Crippen molar-refractivity contribution in [1.29, 1.82) is 5.26 Å². The predicted molar refractivity (Wildman–Crippen MR) is 167 cm³/mol. The number of hydrogen-bond acceptors (Lipinski definition) is 8. The summed E-state index contributed by atoms with van der Waals surface area (Å²) in [5.41, 5.74) is 8.71. The monoisotopic (exact) mass is 599 g/mol. The number of nitrogens with zero attached hydrogens (tertiary/aromatic N) is 6. The van der Waals surface area contributed by atoms with Crippen LogP contribution in [-0.4, -0.2) is 66.3 Å². The Bertz CT molecular complexity index is 1330. The Kier molecular flexibility index (Phi) is 9.69. The van der Waals surface area contributed by atoms with Gasteiger partial charge in [0, 0.05) is 37.9 Å². The van der Waals surface area contributed by atoms with E-state index in [1.165, 1.54) is 0 Å². The number of hydrogen-bond donors (Lipinski definition) is 1. The number of nitriles is 1. The van der Waals surface area contributed by atoms with E-state index in [1.54, 1.807) is 6.33 Å². The maximum absolute atomic E-state index is 9.73. The predicted octanol–water partition coefficient (Wildman–Crippen LogP) is 3.01. The van der Waals surface area contributed by atoms with Crippen LogP contribution in [0.25, 0.3) is 22.3 Å². The van der Waals surface area contributed by atoms with Crippen molar-refractivity contribution in [1.82, 2.24) is 24.3 Å². The molecule has 0 saturated heterocycles. The first kappa shape index (κ1) is 30.6. The number of ether oxygens (including phenoxy) is 1. The van der Waals surface area contributed by atoms with Crippen molar-refractivity contribution in [2.24, 2.45) is 17.3 Å². The van der Waals surface area contributed by atoms with Crippen LogP contribution in [0.3, 0.4) is 0 Å². The van der Waals surface area contributed by atoms with Crippen molar-refractivity contribution in [3.8, 4) is 17.3 Å². The molecule has 1 aliphatic rings. The SMILES string of the molecule is CC(C)(C1CCC(C(CC#N)n2cc(-c3ncnc4c3ccn4COCC[Si](C)(C)C)c(N)n2)C1)C(O[SiH3])O[SiH3]. The van der Waals surface area contributed by atoms with E-state index in [0.29, 0.717) is 51.8 Å². The Balaban J connectivity index is 1.56. The van der Waals surface area contributed by atoms with Gasteiger partial charge in [0.15, 0.2) is 5.82 Å². The van der Waals surface area contributed by atoms with Gasteiger partial charge in [-0.2, -0.15) is 10.4 Å². The van der Waals surface area contributed by atoms with E-state index in [0.717, 1.165) is 54.2 Å². The van der Waals surface area contributed by atoms with Crippen LogP contribution in [-0.2, 0) is 20.3 Å². The van der Waals surface area contributed by atoms with Crippen molar-refractivity contribution in [2.75, 3.05) is 12.3 Å².